The number of pyridine rings is 1. The van der Waals surface area contributed by atoms with Crippen LogP contribution in [0.2, 0.25) is 0 Å². The third-order valence-corrected chi connectivity index (χ3v) is 4.59. The molecule has 0 fully saturated rings. The third-order valence-electron chi connectivity index (χ3n) is 4.59. The molecular formula is C23H22N2O4. The molecule has 0 aliphatic heterocycles. The van der Waals surface area contributed by atoms with E-state index >= 15 is 0 Å². The lowest BCUT2D eigenvalue weighted by molar-refractivity contribution is 0.0600. The van der Waals surface area contributed by atoms with Gasteiger partial charge in [0.15, 0.2) is 0 Å². The molecular weight excluding hydrogens is 368 g/mol. The number of aromatic nitrogens is 1. The predicted octanol–water partition coefficient (Wildman–Crippen LogP) is 3.50. The van der Waals surface area contributed by atoms with Crippen molar-refractivity contribution < 1.29 is 14.3 Å². The summed E-state index contributed by atoms with van der Waals surface area (Å²) in [5.41, 5.74) is 3.34. The lowest BCUT2D eigenvalue weighted by Crippen LogP contribution is -2.22. The Labute approximate surface area is 168 Å². The first-order valence-corrected chi connectivity index (χ1v) is 9.28. The van der Waals surface area contributed by atoms with Crippen molar-refractivity contribution in [1.82, 2.24) is 4.57 Å². The molecule has 6 heteroatoms. The van der Waals surface area contributed by atoms with E-state index < -0.39 is 5.97 Å². The fourth-order valence-corrected chi connectivity index (χ4v) is 2.88. The quantitative estimate of drug-likeness (QED) is 0.654. The van der Waals surface area contributed by atoms with Gasteiger partial charge in [0.05, 0.1) is 24.8 Å². The number of anilines is 1. The molecule has 0 atom stereocenters. The van der Waals surface area contributed by atoms with Gasteiger partial charge in [-0.05, 0) is 47.9 Å². The zero-order valence-electron chi connectivity index (χ0n) is 16.3. The lowest BCUT2D eigenvalue weighted by Gasteiger charge is -2.10. The normalized spacial score (nSPS) is 10.4. The molecule has 3 aromatic rings. The molecule has 0 saturated carbocycles. The Morgan fingerprint density at radius 1 is 0.897 bits per heavy atom. The highest BCUT2D eigenvalue weighted by atomic mass is 16.5. The van der Waals surface area contributed by atoms with Crippen molar-refractivity contribution in [2.75, 3.05) is 12.4 Å². The number of methoxy groups -OCH3 is 1. The summed E-state index contributed by atoms with van der Waals surface area (Å²) in [4.78, 5) is 36.2. The Kier molecular flexibility index (Phi) is 6.24. The molecule has 148 valence electrons. The molecule has 0 unspecified atom stereocenters. The Bertz CT molecular complexity index is 1070. The molecule has 3 rings (SSSR count). The summed E-state index contributed by atoms with van der Waals surface area (Å²) in [6.45, 7) is 2.47. The number of hydrogen-bond acceptors (Lipinski definition) is 4. The number of nitrogens with one attached hydrogen (secondary N) is 1. The molecule has 1 N–H and O–H groups in total. The van der Waals surface area contributed by atoms with Crippen LogP contribution >= 0.6 is 0 Å². The average molecular weight is 390 g/mol. The molecule has 0 saturated heterocycles. The molecule has 0 aliphatic rings. The molecule has 0 radical (unpaired) electrons. The maximum Gasteiger partial charge on any atom is 0.337 e. The smallest absolute Gasteiger partial charge is 0.337 e. The minimum Gasteiger partial charge on any atom is -0.465 e. The number of carbonyl (C=O) groups excluding carboxylic acids is 2. The van der Waals surface area contributed by atoms with Crippen molar-refractivity contribution in [3.63, 3.8) is 0 Å². The van der Waals surface area contributed by atoms with E-state index in [1.807, 2.05) is 24.3 Å². The molecule has 29 heavy (non-hydrogen) atoms. The van der Waals surface area contributed by atoms with Crippen molar-refractivity contribution in [2.24, 2.45) is 0 Å². The fraction of sp³-hybridized carbons (Fsp3) is 0.174. The van der Waals surface area contributed by atoms with E-state index in [9.17, 15) is 14.4 Å². The lowest BCUT2D eigenvalue weighted by atomic mass is 10.1. The average Bonchev–Trinajstić information content (AvgIpc) is 2.75. The van der Waals surface area contributed by atoms with Crippen LogP contribution in [0.15, 0.2) is 71.7 Å². The molecule has 6 nitrogen and oxygen atoms in total. The maximum atomic E-state index is 12.6. The van der Waals surface area contributed by atoms with Crippen LogP contribution in [-0.4, -0.2) is 23.6 Å². The van der Waals surface area contributed by atoms with E-state index in [0.29, 0.717) is 23.4 Å². The summed E-state index contributed by atoms with van der Waals surface area (Å²) < 4.78 is 6.16. The summed E-state index contributed by atoms with van der Waals surface area (Å²) in [7, 11) is 1.31. The number of esters is 1. The van der Waals surface area contributed by atoms with Crippen LogP contribution in [0.4, 0.5) is 5.69 Å². The van der Waals surface area contributed by atoms with Crippen LogP contribution in [0, 0.1) is 0 Å². The fourth-order valence-electron chi connectivity index (χ4n) is 2.88. The number of carbonyl (C=O) groups is 2. The standard InChI is InChI=1S/C23H22N2O4/c1-3-16-4-6-17(7-5-16)14-25-15-19(10-13-21(25)26)22(27)24-20-11-8-18(9-12-20)23(28)29-2/h4-13,15H,3,14H2,1-2H3,(H,24,27). The van der Waals surface area contributed by atoms with Crippen molar-refractivity contribution >= 4 is 17.6 Å². The molecule has 1 heterocycles. The summed E-state index contributed by atoms with van der Waals surface area (Å²) >= 11 is 0. The molecule has 0 bridgehead atoms. The molecule has 1 amide bonds. The van der Waals surface area contributed by atoms with Gasteiger partial charge in [-0.2, -0.15) is 0 Å². The Morgan fingerprint density at radius 3 is 2.14 bits per heavy atom. The minimum atomic E-state index is -0.443. The third kappa shape index (κ3) is 4.99. The summed E-state index contributed by atoms with van der Waals surface area (Å²) in [6, 6.07) is 17.3. The SMILES string of the molecule is CCc1ccc(Cn2cc(C(=O)Nc3ccc(C(=O)OC)cc3)ccc2=O)cc1. The van der Waals surface area contributed by atoms with E-state index in [0.717, 1.165) is 12.0 Å². The van der Waals surface area contributed by atoms with Gasteiger partial charge in [0.1, 0.15) is 0 Å². The molecule has 0 aliphatic carbocycles. The second-order valence-electron chi connectivity index (χ2n) is 6.58. The number of hydrogen-bond donors (Lipinski definition) is 1. The zero-order chi connectivity index (χ0) is 20.8. The Balaban J connectivity index is 1.74. The van der Waals surface area contributed by atoms with Gasteiger partial charge in [0.2, 0.25) is 0 Å². The largest absolute Gasteiger partial charge is 0.465 e. The Hall–Kier alpha value is -3.67. The summed E-state index contributed by atoms with van der Waals surface area (Å²) in [5, 5.41) is 2.76. The van der Waals surface area contributed by atoms with Crippen LogP contribution in [0.5, 0.6) is 0 Å². The highest BCUT2D eigenvalue weighted by Crippen LogP contribution is 2.12. The maximum absolute atomic E-state index is 12.6. The van der Waals surface area contributed by atoms with E-state index in [1.165, 1.54) is 29.4 Å². The zero-order valence-corrected chi connectivity index (χ0v) is 16.3. The number of benzene rings is 2. The number of aryl methyl sites for hydroxylation is 1. The molecule has 1 aromatic heterocycles. The number of rotatable bonds is 6. The second-order valence-corrected chi connectivity index (χ2v) is 6.58. The van der Waals surface area contributed by atoms with Crippen molar-refractivity contribution in [1.29, 1.82) is 0 Å². The van der Waals surface area contributed by atoms with Crippen molar-refractivity contribution in [3.8, 4) is 0 Å². The number of nitrogens with zero attached hydrogens (tertiary/aromatic N) is 1. The van der Waals surface area contributed by atoms with Gasteiger partial charge in [0.25, 0.3) is 11.5 Å². The van der Waals surface area contributed by atoms with E-state index in [-0.39, 0.29) is 11.5 Å². The minimum absolute atomic E-state index is 0.177. The second kappa shape index (κ2) is 9.01. The van der Waals surface area contributed by atoms with E-state index in [2.05, 4.69) is 17.0 Å². The number of amides is 1. The van der Waals surface area contributed by atoms with Gasteiger partial charge in [-0.1, -0.05) is 31.2 Å². The van der Waals surface area contributed by atoms with Crippen LogP contribution in [0.25, 0.3) is 0 Å². The van der Waals surface area contributed by atoms with Crippen molar-refractivity contribution in [3.05, 3.63) is 99.5 Å². The van der Waals surface area contributed by atoms with Crippen LogP contribution in [0.1, 0.15) is 38.8 Å². The van der Waals surface area contributed by atoms with Gasteiger partial charge in [-0.3, -0.25) is 9.59 Å². The van der Waals surface area contributed by atoms with Gasteiger partial charge in [-0.25, -0.2) is 4.79 Å². The first-order chi connectivity index (χ1) is 14.0. The molecule has 2 aromatic carbocycles. The summed E-state index contributed by atoms with van der Waals surface area (Å²) in [5.74, 6) is -0.784. The first-order valence-electron chi connectivity index (χ1n) is 9.28. The monoisotopic (exact) mass is 390 g/mol. The van der Waals surface area contributed by atoms with Gasteiger partial charge in [0, 0.05) is 18.0 Å². The van der Waals surface area contributed by atoms with Crippen LogP contribution in [0.3, 0.4) is 0 Å². The summed E-state index contributed by atoms with van der Waals surface area (Å²) in [6.07, 6.45) is 2.50. The Morgan fingerprint density at radius 2 is 1.52 bits per heavy atom. The topological polar surface area (TPSA) is 77.4 Å². The highest BCUT2D eigenvalue weighted by molar-refractivity contribution is 6.04. The van der Waals surface area contributed by atoms with Crippen LogP contribution < -0.4 is 10.9 Å². The van der Waals surface area contributed by atoms with E-state index in [4.69, 9.17) is 0 Å². The predicted molar refractivity (Wildman–Crippen MR) is 111 cm³/mol. The highest BCUT2D eigenvalue weighted by Gasteiger charge is 2.10. The van der Waals surface area contributed by atoms with Gasteiger partial charge < -0.3 is 14.6 Å². The first kappa shape index (κ1) is 20.1. The van der Waals surface area contributed by atoms with Gasteiger partial charge >= 0.3 is 5.97 Å². The van der Waals surface area contributed by atoms with E-state index in [1.54, 1.807) is 30.5 Å². The number of ether oxygens (including phenoxy) is 1. The van der Waals surface area contributed by atoms with Crippen LogP contribution in [-0.2, 0) is 17.7 Å². The van der Waals surface area contributed by atoms with Crippen molar-refractivity contribution in [2.45, 2.75) is 19.9 Å². The molecule has 0 spiro atoms. The van der Waals surface area contributed by atoms with Gasteiger partial charge in [-0.15, -0.1) is 0 Å².